The van der Waals surface area contributed by atoms with Crippen molar-refractivity contribution in [2.75, 3.05) is 0 Å². The molecule has 0 heteroatoms. The van der Waals surface area contributed by atoms with Crippen molar-refractivity contribution >= 4 is 0 Å². The average molecular weight is 169 g/mol. The van der Waals surface area contributed by atoms with Gasteiger partial charge in [0.2, 0.25) is 0 Å². The van der Waals surface area contributed by atoms with E-state index in [-0.39, 0.29) is 0 Å². The molecule has 0 bridgehead atoms. The van der Waals surface area contributed by atoms with E-state index >= 15 is 0 Å². The van der Waals surface area contributed by atoms with Crippen LogP contribution >= 0.6 is 0 Å². The van der Waals surface area contributed by atoms with Gasteiger partial charge in [-0.3, -0.25) is 0 Å². The fourth-order valence-corrected chi connectivity index (χ4v) is 1.84. The molecular weight excluding hydrogens is 144 g/mol. The van der Waals surface area contributed by atoms with E-state index in [2.05, 4.69) is 27.7 Å². The molecule has 2 atom stereocenters. The van der Waals surface area contributed by atoms with Crippen LogP contribution in [-0.4, -0.2) is 0 Å². The SMILES string of the molecule is [CH2]CC(CC)C(C)CCCCC. The summed E-state index contributed by atoms with van der Waals surface area (Å²) >= 11 is 0. The molecule has 0 amide bonds. The second kappa shape index (κ2) is 7.64. The summed E-state index contributed by atoms with van der Waals surface area (Å²) in [5.74, 6) is 1.75. The van der Waals surface area contributed by atoms with E-state index in [4.69, 9.17) is 0 Å². The molecule has 0 saturated carbocycles. The Kier molecular flexibility index (Phi) is 7.64. The zero-order valence-electron chi connectivity index (χ0n) is 9.10. The van der Waals surface area contributed by atoms with E-state index in [0.717, 1.165) is 18.3 Å². The lowest BCUT2D eigenvalue weighted by Gasteiger charge is -2.20. The van der Waals surface area contributed by atoms with Gasteiger partial charge in [-0.05, 0) is 11.8 Å². The molecule has 2 unspecified atom stereocenters. The van der Waals surface area contributed by atoms with Gasteiger partial charge in [-0.2, -0.15) is 0 Å². The van der Waals surface area contributed by atoms with Crippen LogP contribution in [-0.2, 0) is 0 Å². The Morgan fingerprint density at radius 3 is 2.25 bits per heavy atom. The minimum absolute atomic E-state index is 0.863. The first-order chi connectivity index (χ1) is 5.76. The van der Waals surface area contributed by atoms with Crippen molar-refractivity contribution in [3.05, 3.63) is 6.92 Å². The highest BCUT2D eigenvalue weighted by atomic mass is 14.2. The predicted octanol–water partition coefficient (Wildman–Crippen LogP) is 4.45. The molecule has 0 fully saturated rings. The van der Waals surface area contributed by atoms with E-state index in [1.165, 1.54) is 32.1 Å². The fraction of sp³-hybridized carbons (Fsp3) is 0.917. The van der Waals surface area contributed by atoms with E-state index in [1.54, 1.807) is 0 Å². The van der Waals surface area contributed by atoms with Crippen molar-refractivity contribution in [3.63, 3.8) is 0 Å². The molecule has 0 N–H and O–H groups in total. The Hall–Kier alpha value is 0. The Bertz CT molecular complexity index is 82.0. The van der Waals surface area contributed by atoms with Crippen LogP contribution in [0.5, 0.6) is 0 Å². The Morgan fingerprint density at radius 1 is 1.17 bits per heavy atom. The summed E-state index contributed by atoms with van der Waals surface area (Å²) in [5, 5.41) is 0. The van der Waals surface area contributed by atoms with E-state index in [0.29, 0.717) is 0 Å². The summed E-state index contributed by atoms with van der Waals surface area (Å²) in [6.07, 6.45) is 7.97. The molecule has 0 aromatic rings. The lowest BCUT2D eigenvalue weighted by atomic mass is 9.86. The molecule has 0 saturated heterocycles. The van der Waals surface area contributed by atoms with Gasteiger partial charge in [0.05, 0.1) is 0 Å². The van der Waals surface area contributed by atoms with Crippen LogP contribution < -0.4 is 0 Å². The molecule has 0 aromatic carbocycles. The largest absolute Gasteiger partial charge is 0.0654 e. The van der Waals surface area contributed by atoms with Crippen LogP contribution in [0.2, 0.25) is 0 Å². The fourth-order valence-electron chi connectivity index (χ4n) is 1.84. The standard InChI is InChI=1S/C12H25/c1-5-8-9-10-11(4)12(6-2)7-3/h11-12H,2,5-10H2,1,3-4H3. The first-order valence-electron chi connectivity index (χ1n) is 5.55. The molecule has 0 spiro atoms. The van der Waals surface area contributed by atoms with Crippen molar-refractivity contribution in [2.24, 2.45) is 11.8 Å². The normalized spacial score (nSPS) is 13.8. The molecule has 0 aliphatic rings. The van der Waals surface area contributed by atoms with Crippen molar-refractivity contribution in [1.29, 1.82) is 0 Å². The molecule has 0 rings (SSSR count). The van der Waals surface area contributed by atoms with Crippen molar-refractivity contribution in [2.45, 2.75) is 59.3 Å². The molecule has 1 radical (unpaired) electrons. The number of hydrogen-bond acceptors (Lipinski definition) is 0. The highest BCUT2D eigenvalue weighted by molar-refractivity contribution is 4.66. The smallest absolute Gasteiger partial charge is 0.0391 e. The topological polar surface area (TPSA) is 0 Å². The third-order valence-electron chi connectivity index (χ3n) is 2.96. The molecule has 0 aliphatic carbocycles. The zero-order valence-corrected chi connectivity index (χ0v) is 9.10. The quantitative estimate of drug-likeness (QED) is 0.494. The molecular formula is C12H25. The van der Waals surface area contributed by atoms with Gasteiger partial charge in [-0.25, -0.2) is 0 Å². The van der Waals surface area contributed by atoms with Crippen molar-refractivity contribution < 1.29 is 0 Å². The monoisotopic (exact) mass is 169 g/mol. The molecule has 12 heavy (non-hydrogen) atoms. The van der Waals surface area contributed by atoms with Crippen LogP contribution in [0.1, 0.15) is 59.3 Å². The highest BCUT2D eigenvalue weighted by Crippen LogP contribution is 2.23. The lowest BCUT2D eigenvalue weighted by Crippen LogP contribution is -2.09. The van der Waals surface area contributed by atoms with Gasteiger partial charge in [0, 0.05) is 0 Å². The zero-order chi connectivity index (χ0) is 9.40. The molecule has 73 valence electrons. The first-order valence-corrected chi connectivity index (χ1v) is 5.55. The van der Waals surface area contributed by atoms with Crippen LogP contribution in [0, 0.1) is 18.8 Å². The lowest BCUT2D eigenvalue weighted by molar-refractivity contribution is 0.320. The second-order valence-electron chi connectivity index (χ2n) is 3.93. The maximum Gasteiger partial charge on any atom is -0.0391 e. The minimum atomic E-state index is 0.863. The van der Waals surface area contributed by atoms with Gasteiger partial charge < -0.3 is 0 Å². The second-order valence-corrected chi connectivity index (χ2v) is 3.93. The summed E-state index contributed by atoms with van der Waals surface area (Å²) in [6, 6.07) is 0. The summed E-state index contributed by atoms with van der Waals surface area (Å²) in [5.41, 5.74) is 0. The van der Waals surface area contributed by atoms with Gasteiger partial charge in [0.15, 0.2) is 0 Å². The molecule has 0 aliphatic heterocycles. The van der Waals surface area contributed by atoms with Crippen LogP contribution in [0.15, 0.2) is 0 Å². The Labute approximate surface area is 78.8 Å². The molecule has 0 nitrogen and oxygen atoms in total. The van der Waals surface area contributed by atoms with E-state index in [9.17, 15) is 0 Å². The summed E-state index contributed by atoms with van der Waals surface area (Å²) in [6.45, 7) is 10.9. The van der Waals surface area contributed by atoms with Gasteiger partial charge >= 0.3 is 0 Å². The van der Waals surface area contributed by atoms with Crippen molar-refractivity contribution in [3.8, 4) is 0 Å². The first kappa shape index (κ1) is 12.0. The third-order valence-corrected chi connectivity index (χ3v) is 2.96. The molecule has 0 aromatic heterocycles. The minimum Gasteiger partial charge on any atom is -0.0654 e. The summed E-state index contributed by atoms with van der Waals surface area (Å²) in [4.78, 5) is 0. The maximum atomic E-state index is 4.01. The van der Waals surface area contributed by atoms with E-state index in [1.807, 2.05) is 0 Å². The number of unbranched alkanes of at least 4 members (excludes halogenated alkanes) is 2. The van der Waals surface area contributed by atoms with Crippen LogP contribution in [0.3, 0.4) is 0 Å². The third kappa shape index (κ3) is 4.79. The van der Waals surface area contributed by atoms with E-state index < -0.39 is 0 Å². The highest BCUT2D eigenvalue weighted by Gasteiger charge is 2.12. The Morgan fingerprint density at radius 2 is 1.83 bits per heavy atom. The maximum absolute atomic E-state index is 4.01. The van der Waals surface area contributed by atoms with Crippen LogP contribution in [0.4, 0.5) is 0 Å². The van der Waals surface area contributed by atoms with Gasteiger partial charge in [-0.1, -0.05) is 66.2 Å². The number of rotatable bonds is 7. The number of hydrogen-bond donors (Lipinski definition) is 0. The van der Waals surface area contributed by atoms with Gasteiger partial charge in [-0.15, -0.1) is 0 Å². The Balaban J connectivity index is 3.47. The molecule has 0 heterocycles. The summed E-state index contributed by atoms with van der Waals surface area (Å²) in [7, 11) is 0. The predicted molar refractivity (Wildman–Crippen MR) is 57.1 cm³/mol. The van der Waals surface area contributed by atoms with Gasteiger partial charge in [0.25, 0.3) is 0 Å². The van der Waals surface area contributed by atoms with Gasteiger partial charge in [0.1, 0.15) is 0 Å². The average Bonchev–Trinajstić information content (AvgIpc) is 2.07. The van der Waals surface area contributed by atoms with Crippen LogP contribution in [0.25, 0.3) is 0 Å². The van der Waals surface area contributed by atoms with Crippen molar-refractivity contribution in [1.82, 2.24) is 0 Å². The summed E-state index contributed by atoms with van der Waals surface area (Å²) < 4.78 is 0.